The maximum Gasteiger partial charge on any atom is 0.211 e. The van der Waals surface area contributed by atoms with Crippen LogP contribution in [0, 0.1) is 0 Å². The van der Waals surface area contributed by atoms with Crippen molar-refractivity contribution in [3.63, 3.8) is 0 Å². The molecular weight excluding hydrogens is 326 g/mol. The van der Waals surface area contributed by atoms with E-state index in [9.17, 15) is 8.42 Å². The summed E-state index contributed by atoms with van der Waals surface area (Å²) in [6.45, 7) is 1.09. The second-order valence-corrected chi connectivity index (χ2v) is 8.93. The number of fused-ring (bicyclic) bond motifs is 1. The predicted octanol–water partition coefficient (Wildman–Crippen LogP) is 1.47. The Hall–Kier alpha value is -1.67. The predicted molar refractivity (Wildman–Crippen MR) is 92.8 cm³/mol. The van der Waals surface area contributed by atoms with Crippen LogP contribution in [-0.4, -0.2) is 59.8 Å². The van der Waals surface area contributed by atoms with E-state index in [4.69, 9.17) is 5.10 Å². The second-order valence-electron chi connectivity index (χ2n) is 6.95. The molecule has 2 aliphatic rings. The molecule has 2 aromatic heterocycles. The first-order valence-corrected chi connectivity index (χ1v) is 10.3. The van der Waals surface area contributed by atoms with E-state index in [1.54, 1.807) is 10.5 Å². The Morgan fingerprint density at radius 3 is 2.71 bits per heavy atom. The summed E-state index contributed by atoms with van der Waals surface area (Å²) in [6.07, 6.45) is 9.45. The summed E-state index contributed by atoms with van der Waals surface area (Å²) in [5, 5.41) is 4.70. The minimum atomic E-state index is -3.13. The van der Waals surface area contributed by atoms with Gasteiger partial charge in [0.1, 0.15) is 5.52 Å². The molecule has 0 aromatic carbocycles. The number of hydrogen-bond acceptors (Lipinski definition) is 5. The fraction of sp³-hybridized carbons (Fsp3) is 0.625. The third-order valence-electron chi connectivity index (χ3n) is 5.39. The lowest BCUT2D eigenvalue weighted by atomic mass is 9.83. The molecule has 0 bridgehead atoms. The summed E-state index contributed by atoms with van der Waals surface area (Å²) in [7, 11) is -1.13. The molecule has 2 fully saturated rings. The summed E-state index contributed by atoms with van der Waals surface area (Å²) in [5.41, 5.74) is 2.15. The Morgan fingerprint density at radius 2 is 2.08 bits per heavy atom. The number of rotatable bonds is 4. The van der Waals surface area contributed by atoms with Crippen LogP contribution in [0.25, 0.3) is 5.52 Å². The molecular formula is C16H23N5O2S. The molecule has 1 aliphatic heterocycles. The van der Waals surface area contributed by atoms with E-state index in [0.29, 0.717) is 19.0 Å². The molecule has 1 atom stereocenters. The zero-order valence-corrected chi connectivity index (χ0v) is 14.9. The Kier molecular flexibility index (Phi) is 3.76. The number of sulfonamides is 1. The van der Waals surface area contributed by atoms with Crippen molar-refractivity contribution in [2.45, 2.75) is 37.6 Å². The quantitative estimate of drug-likeness (QED) is 0.836. The Balaban J connectivity index is 1.62. The highest BCUT2D eigenvalue weighted by molar-refractivity contribution is 7.88. The van der Waals surface area contributed by atoms with Crippen molar-refractivity contribution >= 4 is 21.4 Å². The number of anilines is 1. The molecule has 0 radical (unpaired) electrons. The van der Waals surface area contributed by atoms with Gasteiger partial charge in [-0.1, -0.05) is 6.42 Å². The molecule has 1 saturated carbocycles. The third-order valence-corrected chi connectivity index (χ3v) is 6.66. The average Bonchev–Trinajstić information content (AvgIpc) is 3.10. The molecule has 8 heteroatoms. The maximum absolute atomic E-state index is 11.7. The molecule has 130 valence electrons. The van der Waals surface area contributed by atoms with E-state index < -0.39 is 10.0 Å². The van der Waals surface area contributed by atoms with Crippen LogP contribution >= 0.6 is 0 Å². The van der Waals surface area contributed by atoms with Gasteiger partial charge in [-0.2, -0.15) is 5.10 Å². The molecule has 2 aromatic rings. The molecule has 4 rings (SSSR count). The molecule has 0 spiro atoms. The smallest absolute Gasteiger partial charge is 0.211 e. The van der Waals surface area contributed by atoms with Crippen molar-refractivity contribution in [3.05, 3.63) is 24.2 Å². The van der Waals surface area contributed by atoms with Crippen molar-refractivity contribution in [2.24, 2.45) is 0 Å². The highest BCUT2D eigenvalue weighted by Crippen LogP contribution is 2.37. The fourth-order valence-electron chi connectivity index (χ4n) is 3.60. The summed E-state index contributed by atoms with van der Waals surface area (Å²) < 4.78 is 26.9. The molecule has 1 aliphatic carbocycles. The highest BCUT2D eigenvalue weighted by Gasteiger charge is 2.32. The van der Waals surface area contributed by atoms with Crippen LogP contribution in [0.15, 0.2) is 18.5 Å². The van der Waals surface area contributed by atoms with Gasteiger partial charge in [-0.3, -0.25) is 0 Å². The van der Waals surface area contributed by atoms with E-state index in [1.165, 1.54) is 25.5 Å². The summed E-state index contributed by atoms with van der Waals surface area (Å²) in [6, 6.07) is 2.28. The first-order valence-electron chi connectivity index (χ1n) is 8.46. The lowest BCUT2D eigenvalue weighted by molar-refractivity contribution is 0.409. The SMILES string of the molecule is CN(c1nccn2nc(C3CCC3)cc12)C1CCN(S(C)(=O)=O)C1. The van der Waals surface area contributed by atoms with Crippen LogP contribution < -0.4 is 4.90 Å². The number of aromatic nitrogens is 3. The highest BCUT2D eigenvalue weighted by atomic mass is 32.2. The van der Waals surface area contributed by atoms with Crippen molar-refractivity contribution in [1.29, 1.82) is 0 Å². The number of hydrogen-bond donors (Lipinski definition) is 0. The third kappa shape index (κ3) is 2.67. The minimum Gasteiger partial charge on any atom is -0.354 e. The van der Waals surface area contributed by atoms with Gasteiger partial charge in [0.15, 0.2) is 5.82 Å². The average molecular weight is 349 g/mol. The summed E-state index contributed by atoms with van der Waals surface area (Å²) >= 11 is 0. The molecule has 3 heterocycles. The lowest BCUT2D eigenvalue weighted by Crippen LogP contribution is -2.36. The van der Waals surface area contributed by atoms with Gasteiger partial charge in [-0.25, -0.2) is 22.2 Å². The maximum atomic E-state index is 11.7. The molecule has 24 heavy (non-hydrogen) atoms. The van der Waals surface area contributed by atoms with Crippen LogP contribution in [0.2, 0.25) is 0 Å². The van der Waals surface area contributed by atoms with Gasteiger partial charge < -0.3 is 4.90 Å². The number of likely N-dealkylation sites (N-methyl/N-ethyl adjacent to an activating group) is 1. The molecule has 1 saturated heterocycles. The Morgan fingerprint density at radius 1 is 1.29 bits per heavy atom. The zero-order valence-electron chi connectivity index (χ0n) is 14.1. The van der Waals surface area contributed by atoms with Crippen molar-refractivity contribution in [1.82, 2.24) is 18.9 Å². The first-order chi connectivity index (χ1) is 11.4. The van der Waals surface area contributed by atoms with Crippen LogP contribution in [0.3, 0.4) is 0 Å². The largest absolute Gasteiger partial charge is 0.354 e. The Bertz CT molecular complexity index is 858. The molecule has 0 amide bonds. The monoisotopic (exact) mass is 349 g/mol. The standard InChI is InChI=1S/C16H23N5O2S/c1-19(13-6-8-20(11-13)24(2,22)23)16-15-10-14(12-4-3-5-12)18-21(15)9-7-17-16/h7,9-10,12-13H,3-6,8,11H2,1-2H3. The summed E-state index contributed by atoms with van der Waals surface area (Å²) in [4.78, 5) is 6.66. The van der Waals surface area contributed by atoms with E-state index in [0.717, 1.165) is 23.4 Å². The zero-order chi connectivity index (χ0) is 16.9. The molecule has 0 N–H and O–H groups in total. The fourth-order valence-corrected chi connectivity index (χ4v) is 4.48. The van der Waals surface area contributed by atoms with Crippen LogP contribution in [-0.2, 0) is 10.0 Å². The van der Waals surface area contributed by atoms with E-state index in [2.05, 4.69) is 16.0 Å². The Labute approximate surface area is 142 Å². The normalized spacial score (nSPS) is 22.8. The van der Waals surface area contributed by atoms with Gasteiger partial charge in [-0.05, 0) is 25.3 Å². The van der Waals surface area contributed by atoms with E-state index >= 15 is 0 Å². The van der Waals surface area contributed by atoms with Crippen molar-refractivity contribution < 1.29 is 8.42 Å². The number of nitrogens with zero attached hydrogens (tertiary/aromatic N) is 5. The van der Waals surface area contributed by atoms with Crippen LogP contribution in [0.1, 0.15) is 37.3 Å². The van der Waals surface area contributed by atoms with Crippen molar-refractivity contribution in [3.8, 4) is 0 Å². The van der Waals surface area contributed by atoms with E-state index in [1.807, 2.05) is 17.8 Å². The van der Waals surface area contributed by atoms with Gasteiger partial charge in [0.05, 0.1) is 11.9 Å². The van der Waals surface area contributed by atoms with Crippen molar-refractivity contribution in [2.75, 3.05) is 31.3 Å². The second kappa shape index (κ2) is 5.70. The first kappa shape index (κ1) is 15.8. The lowest BCUT2D eigenvalue weighted by Gasteiger charge is -2.26. The summed E-state index contributed by atoms with van der Waals surface area (Å²) in [5.74, 6) is 1.45. The van der Waals surface area contributed by atoms with Gasteiger partial charge >= 0.3 is 0 Å². The van der Waals surface area contributed by atoms with Gasteiger partial charge in [0.25, 0.3) is 0 Å². The topological polar surface area (TPSA) is 70.8 Å². The van der Waals surface area contributed by atoms with Crippen LogP contribution in [0.5, 0.6) is 0 Å². The van der Waals surface area contributed by atoms with E-state index in [-0.39, 0.29) is 6.04 Å². The molecule has 7 nitrogen and oxygen atoms in total. The minimum absolute atomic E-state index is 0.139. The van der Waals surface area contributed by atoms with Gasteiger partial charge in [0.2, 0.25) is 10.0 Å². The molecule has 1 unspecified atom stereocenters. The van der Waals surface area contributed by atoms with Gasteiger partial charge in [0, 0.05) is 44.5 Å². The van der Waals surface area contributed by atoms with Gasteiger partial charge in [-0.15, -0.1) is 0 Å². The van der Waals surface area contributed by atoms with Crippen LogP contribution in [0.4, 0.5) is 5.82 Å².